The zero-order chi connectivity index (χ0) is 19.1. The minimum atomic E-state index is -3.25. The van der Waals surface area contributed by atoms with Gasteiger partial charge in [-0.3, -0.25) is 9.59 Å². The molecule has 1 amide bonds. The SMILES string of the molecule is CC1(C(=O)Nc2cc3cc[nH]c(=O)c3cc2Cl)CCN(S(C)(=O)=O)CC1. The Labute approximate surface area is 156 Å². The average Bonchev–Trinajstić information content (AvgIpc) is 2.56. The predicted molar refractivity (Wildman–Crippen MR) is 102 cm³/mol. The second-order valence-electron chi connectivity index (χ2n) is 6.90. The largest absolute Gasteiger partial charge is 0.329 e. The van der Waals surface area contributed by atoms with Crippen LogP contribution < -0.4 is 10.9 Å². The van der Waals surface area contributed by atoms with Crippen LogP contribution in [0.2, 0.25) is 5.02 Å². The highest BCUT2D eigenvalue weighted by atomic mass is 35.5. The normalized spacial score (nSPS) is 18.0. The van der Waals surface area contributed by atoms with Crippen molar-refractivity contribution in [1.82, 2.24) is 9.29 Å². The summed E-state index contributed by atoms with van der Waals surface area (Å²) in [5.41, 5.74) is -0.503. The van der Waals surface area contributed by atoms with Gasteiger partial charge in [0.2, 0.25) is 15.9 Å². The van der Waals surface area contributed by atoms with Crippen molar-refractivity contribution in [3.05, 3.63) is 39.8 Å². The lowest BCUT2D eigenvalue weighted by molar-refractivity contribution is -0.126. The fraction of sp³-hybridized carbons (Fsp3) is 0.412. The van der Waals surface area contributed by atoms with Gasteiger partial charge in [0.15, 0.2) is 0 Å². The smallest absolute Gasteiger partial charge is 0.255 e. The van der Waals surface area contributed by atoms with Crippen LogP contribution in [-0.4, -0.2) is 43.0 Å². The number of carbonyl (C=O) groups excluding carboxylic acids is 1. The fourth-order valence-corrected chi connectivity index (χ4v) is 4.17. The van der Waals surface area contributed by atoms with Gasteiger partial charge in [-0.15, -0.1) is 0 Å². The lowest BCUT2D eigenvalue weighted by atomic mass is 9.80. The zero-order valence-electron chi connectivity index (χ0n) is 14.5. The van der Waals surface area contributed by atoms with Gasteiger partial charge in [0.05, 0.1) is 17.0 Å². The first-order valence-corrected chi connectivity index (χ1v) is 10.4. The van der Waals surface area contributed by atoms with Crippen LogP contribution in [0.25, 0.3) is 10.8 Å². The average molecular weight is 398 g/mol. The Kier molecular flexibility index (Phi) is 4.85. The Morgan fingerprint density at radius 3 is 2.58 bits per heavy atom. The third-order valence-electron chi connectivity index (χ3n) is 4.95. The van der Waals surface area contributed by atoms with Gasteiger partial charge in [-0.25, -0.2) is 12.7 Å². The minimum absolute atomic E-state index is 0.211. The predicted octanol–water partition coefficient (Wildman–Crippen LogP) is 2.18. The zero-order valence-corrected chi connectivity index (χ0v) is 16.1. The molecule has 26 heavy (non-hydrogen) atoms. The van der Waals surface area contributed by atoms with Crippen molar-refractivity contribution >= 4 is 44.0 Å². The summed E-state index contributed by atoms with van der Waals surface area (Å²) in [5, 5.41) is 4.23. The molecule has 0 bridgehead atoms. The summed E-state index contributed by atoms with van der Waals surface area (Å²) in [5.74, 6) is -0.211. The number of benzene rings is 1. The number of nitrogens with zero attached hydrogens (tertiary/aromatic N) is 1. The van der Waals surface area contributed by atoms with Crippen LogP contribution in [0.5, 0.6) is 0 Å². The maximum atomic E-state index is 12.8. The van der Waals surface area contributed by atoms with Crippen LogP contribution >= 0.6 is 11.6 Å². The van der Waals surface area contributed by atoms with E-state index in [1.54, 1.807) is 12.1 Å². The second kappa shape index (κ2) is 6.68. The number of halogens is 1. The van der Waals surface area contributed by atoms with E-state index in [4.69, 9.17) is 11.6 Å². The molecule has 2 heterocycles. The van der Waals surface area contributed by atoms with E-state index in [2.05, 4.69) is 10.3 Å². The van der Waals surface area contributed by atoms with Crippen LogP contribution in [0.4, 0.5) is 5.69 Å². The number of H-pyrrole nitrogens is 1. The molecule has 7 nitrogen and oxygen atoms in total. The molecule has 1 saturated heterocycles. The van der Waals surface area contributed by atoms with Gasteiger partial charge in [0, 0.05) is 30.1 Å². The van der Waals surface area contributed by atoms with E-state index >= 15 is 0 Å². The number of hydrogen-bond donors (Lipinski definition) is 2. The van der Waals surface area contributed by atoms with E-state index < -0.39 is 15.4 Å². The maximum Gasteiger partial charge on any atom is 0.255 e. The molecular formula is C17H20ClN3O4S. The quantitative estimate of drug-likeness (QED) is 0.829. The Morgan fingerprint density at radius 2 is 1.96 bits per heavy atom. The first-order valence-electron chi connectivity index (χ1n) is 8.18. The number of amides is 1. The van der Waals surface area contributed by atoms with Crippen molar-refractivity contribution in [2.45, 2.75) is 19.8 Å². The van der Waals surface area contributed by atoms with Crippen LogP contribution in [0.15, 0.2) is 29.2 Å². The number of rotatable bonds is 3. The highest BCUT2D eigenvalue weighted by molar-refractivity contribution is 7.88. The molecule has 0 saturated carbocycles. The van der Waals surface area contributed by atoms with E-state index in [1.165, 1.54) is 22.8 Å². The maximum absolute atomic E-state index is 12.8. The highest BCUT2D eigenvalue weighted by Crippen LogP contribution is 2.35. The number of piperidine rings is 1. The van der Waals surface area contributed by atoms with Gasteiger partial charge in [-0.1, -0.05) is 18.5 Å². The second-order valence-corrected chi connectivity index (χ2v) is 9.29. The number of aromatic nitrogens is 1. The van der Waals surface area contributed by atoms with Crippen molar-refractivity contribution in [3.8, 4) is 0 Å². The van der Waals surface area contributed by atoms with Crippen molar-refractivity contribution in [2.24, 2.45) is 5.41 Å². The van der Waals surface area contributed by atoms with Gasteiger partial charge in [-0.05, 0) is 36.4 Å². The van der Waals surface area contributed by atoms with Gasteiger partial charge in [0.25, 0.3) is 5.56 Å². The summed E-state index contributed by atoms with van der Waals surface area (Å²) >= 11 is 6.23. The highest BCUT2D eigenvalue weighted by Gasteiger charge is 2.39. The lowest BCUT2D eigenvalue weighted by Gasteiger charge is -2.37. The van der Waals surface area contributed by atoms with Gasteiger partial charge in [-0.2, -0.15) is 0 Å². The number of nitrogens with one attached hydrogen (secondary N) is 2. The van der Waals surface area contributed by atoms with Crippen LogP contribution in [0, 0.1) is 5.41 Å². The van der Waals surface area contributed by atoms with E-state index in [9.17, 15) is 18.0 Å². The first-order chi connectivity index (χ1) is 12.1. The molecule has 1 aromatic carbocycles. The Hall–Kier alpha value is -1.90. The van der Waals surface area contributed by atoms with Gasteiger partial charge >= 0.3 is 0 Å². The number of carbonyl (C=O) groups is 1. The molecule has 3 rings (SSSR count). The van der Waals surface area contributed by atoms with E-state index in [0.29, 0.717) is 42.4 Å². The summed E-state index contributed by atoms with van der Waals surface area (Å²) in [6.45, 7) is 2.44. The number of sulfonamides is 1. The molecule has 2 aromatic rings. The summed E-state index contributed by atoms with van der Waals surface area (Å²) in [6.07, 6.45) is 3.56. The molecule has 140 valence electrons. The third-order valence-corrected chi connectivity index (χ3v) is 6.57. The Morgan fingerprint density at radius 1 is 1.31 bits per heavy atom. The molecule has 1 aliphatic rings. The molecule has 9 heteroatoms. The summed E-state index contributed by atoms with van der Waals surface area (Å²) in [6, 6.07) is 4.93. The molecule has 0 spiro atoms. The topological polar surface area (TPSA) is 99.3 Å². The molecule has 1 aromatic heterocycles. The number of fused-ring (bicyclic) bond motifs is 1. The molecule has 2 N–H and O–H groups in total. The Balaban J connectivity index is 1.81. The van der Waals surface area contributed by atoms with E-state index in [1.807, 2.05) is 6.92 Å². The summed E-state index contributed by atoms with van der Waals surface area (Å²) < 4.78 is 24.7. The van der Waals surface area contributed by atoms with Crippen molar-refractivity contribution in [2.75, 3.05) is 24.7 Å². The van der Waals surface area contributed by atoms with Crippen LogP contribution in [-0.2, 0) is 14.8 Å². The summed E-state index contributed by atoms with van der Waals surface area (Å²) in [4.78, 5) is 27.2. The van der Waals surface area contributed by atoms with Crippen molar-refractivity contribution in [3.63, 3.8) is 0 Å². The van der Waals surface area contributed by atoms with Crippen LogP contribution in [0.3, 0.4) is 0 Å². The molecule has 0 atom stereocenters. The Bertz CT molecular complexity index is 1020. The third kappa shape index (κ3) is 3.62. The molecule has 0 aliphatic carbocycles. The van der Waals surface area contributed by atoms with Crippen molar-refractivity contribution < 1.29 is 13.2 Å². The monoisotopic (exact) mass is 397 g/mol. The molecule has 0 unspecified atom stereocenters. The summed E-state index contributed by atoms with van der Waals surface area (Å²) in [7, 11) is -3.25. The van der Waals surface area contributed by atoms with Gasteiger partial charge in [0.1, 0.15) is 0 Å². The van der Waals surface area contributed by atoms with Gasteiger partial charge < -0.3 is 10.3 Å². The fourth-order valence-electron chi connectivity index (χ4n) is 3.12. The molecular weight excluding hydrogens is 378 g/mol. The first kappa shape index (κ1) is 18.9. The lowest BCUT2D eigenvalue weighted by Crippen LogP contribution is -2.46. The number of hydrogen-bond acceptors (Lipinski definition) is 4. The van der Waals surface area contributed by atoms with Crippen LogP contribution in [0.1, 0.15) is 19.8 Å². The number of aromatic amines is 1. The molecule has 1 fully saturated rings. The van der Waals surface area contributed by atoms with E-state index in [-0.39, 0.29) is 16.5 Å². The minimum Gasteiger partial charge on any atom is -0.329 e. The van der Waals surface area contributed by atoms with E-state index in [0.717, 1.165) is 0 Å². The van der Waals surface area contributed by atoms with Crippen molar-refractivity contribution in [1.29, 1.82) is 0 Å². The molecule has 1 aliphatic heterocycles. The number of anilines is 1. The molecule has 0 radical (unpaired) electrons. The number of pyridine rings is 1. The standard InChI is InChI=1S/C17H20ClN3O4S/c1-17(4-7-21(8-5-17)26(2,24)25)16(23)20-14-9-11-3-6-19-15(22)12(11)10-13(14)18/h3,6,9-10H,4-5,7-8H2,1-2H3,(H,19,22)(H,20,23).